The van der Waals surface area contributed by atoms with Gasteiger partial charge in [-0.2, -0.15) is 0 Å². The monoisotopic (exact) mass is 311 g/mol. The summed E-state index contributed by atoms with van der Waals surface area (Å²) in [7, 11) is 0. The zero-order chi connectivity index (χ0) is 15.5. The van der Waals surface area contributed by atoms with Gasteiger partial charge >= 0.3 is 0 Å². The number of nitrogens with zero attached hydrogens (tertiary/aromatic N) is 1. The molecule has 2 nitrogen and oxygen atoms in total. The lowest BCUT2D eigenvalue weighted by Gasteiger charge is -2.31. The highest BCUT2D eigenvalue weighted by Crippen LogP contribution is 2.31. The van der Waals surface area contributed by atoms with Crippen molar-refractivity contribution in [3.63, 3.8) is 0 Å². The van der Waals surface area contributed by atoms with Gasteiger partial charge in [0.25, 0.3) is 0 Å². The van der Waals surface area contributed by atoms with Gasteiger partial charge in [-0.25, -0.2) is 0 Å². The summed E-state index contributed by atoms with van der Waals surface area (Å²) >= 11 is 1.64. The van der Waals surface area contributed by atoms with E-state index < -0.39 is 0 Å². The van der Waals surface area contributed by atoms with Gasteiger partial charge in [0.15, 0.2) is 0 Å². The first-order valence-electron chi connectivity index (χ1n) is 7.78. The Hall–Kier alpha value is -1.74. The number of carbonyl (C=O) groups is 1. The van der Waals surface area contributed by atoms with E-state index in [9.17, 15) is 4.79 Å². The van der Waals surface area contributed by atoms with E-state index in [1.54, 1.807) is 11.8 Å². The highest BCUT2D eigenvalue weighted by molar-refractivity contribution is 8.00. The van der Waals surface area contributed by atoms with Crippen molar-refractivity contribution in [2.24, 2.45) is 0 Å². The molecule has 0 spiro atoms. The summed E-state index contributed by atoms with van der Waals surface area (Å²) in [4.78, 5) is 15.9. The molecule has 0 radical (unpaired) electrons. The lowest BCUT2D eigenvalue weighted by atomic mass is 10.0. The van der Waals surface area contributed by atoms with E-state index in [2.05, 4.69) is 49.4 Å². The largest absolute Gasteiger partial charge is 0.311 e. The van der Waals surface area contributed by atoms with Crippen molar-refractivity contribution in [3.05, 3.63) is 59.7 Å². The first-order chi connectivity index (χ1) is 10.6. The average Bonchev–Trinajstić information content (AvgIpc) is 2.55. The summed E-state index contributed by atoms with van der Waals surface area (Å²) in [5.74, 6) is 0.206. The molecule has 1 heterocycles. The Morgan fingerprint density at radius 3 is 2.64 bits per heavy atom. The van der Waals surface area contributed by atoms with E-state index in [4.69, 9.17) is 0 Å². The number of thioether (sulfide) groups is 1. The normalized spacial score (nSPS) is 15.3. The number of anilines is 1. The Labute approximate surface area is 136 Å². The zero-order valence-corrected chi connectivity index (χ0v) is 13.9. The van der Waals surface area contributed by atoms with Crippen LogP contribution in [0.4, 0.5) is 5.69 Å². The molecule has 0 fully saturated rings. The maximum atomic E-state index is 12.8. The molecular formula is C19H21NOS. The van der Waals surface area contributed by atoms with E-state index >= 15 is 0 Å². The topological polar surface area (TPSA) is 20.3 Å². The lowest BCUT2D eigenvalue weighted by molar-refractivity contribution is -0.117. The zero-order valence-electron chi connectivity index (χ0n) is 13.1. The summed E-state index contributed by atoms with van der Waals surface area (Å²) in [5.41, 5.74) is 3.62. The molecule has 22 heavy (non-hydrogen) atoms. The summed E-state index contributed by atoms with van der Waals surface area (Å²) in [5, 5.41) is -0.0751. The fraction of sp³-hybridized carbons (Fsp3) is 0.316. The van der Waals surface area contributed by atoms with Crippen LogP contribution in [0.3, 0.4) is 0 Å². The molecule has 3 rings (SSSR count). The minimum atomic E-state index is -0.0751. The molecule has 1 amide bonds. The Morgan fingerprint density at radius 1 is 1.14 bits per heavy atom. The third-order valence-electron chi connectivity index (χ3n) is 4.06. The van der Waals surface area contributed by atoms with E-state index in [1.807, 2.05) is 17.9 Å². The van der Waals surface area contributed by atoms with Crippen LogP contribution in [0, 0.1) is 6.92 Å². The molecule has 0 N–H and O–H groups in total. The number of fused-ring (bicyclic) bond motifs is 1. The summed E-state index contributed by atoms with van der Waals surface area (Å²) in [6.07, 6.45) is 2.12. The molecule has 0 bridgehead atoms. The van der Waals surface area contributed by atoms with Gasteiger partial charge in [0.2, 0.25) is 5.91 Å². The number of carbonyl (C=O) groups excluding carboxylic acids is 1. The standard InChI is InChI=1S/C19H21NOS/c1-14-9-11-17(12-10-14)22-15(2)19(21)20-13-5-7-16-6-3-4-8-18(16)20/h3-4,6,8-12,15H,5,7,13H2,1-2H3/t15-/m1/s1. The van der Waals surface area contributed by atoms with E-state index in [-0.39, 0.29) is 11.2 Å². The molecule has 114 valence electrons. The van der Waals surface area contributed by atoms with Gasteiger partial charge in [0, 0.05) is 17.1 Å². The first-order valence-corrected chi connectivity index (χ1v) is 8.66. The van der Waals surface area contributed by atoms with Gasteiger partial charge in [0.05, 0.1) is 5.25 Å². The molecule has 1 aliphatic heterocycles. The van der Waals surface area contributed by atoms with E-state index in [0.29, 0.717) is 0 Å². The molecule has 1 atom stereocenters. The van der Waals surface area contributed by atoms with Gasteiger partial charge in [-0.3, -0.25) is 4.79 Å². The van der Waals surface area contributed by atoms with Gasteiger partial charge < -0.3 is 4.90 Å². The molecule has 1 aliphatic rings. The molecular weight excluding hydrogens is 290 g/mol. The summed E-state index contributed by atoms with van der Waals surface area (Å²) < 4.78 is 0. The predicted molar refractivity (Wildman–Crippen MR) is 93.6 cm³/mol. The average molecular weight is 311 g/mol. The molecule has 0 unspecified atom stereocenters. The van der Waals surface area contributed by atoms with Crippen LogP contribution in [-0.2, 0) is 11.2 Å². The lowest BCUT2D eigenvalue weighted by Crippen LogP contribution is -2.40. The van der Waals surface area contributed by atoms with Gasteiger partial charge in [-0.15, -0.1) is 11.8 Å². The predicted octanol–water partition coefficient (Wildman–Crippen LogP) is 4.46. The van der Waals surface area contributed by atoms with Crippen LogP contribution in [0.5, 0.6) is 0 Å². The molecule has 0 saturated carbocycles. The second-order valence-electron chi connectivity index (χ2n) is 5.80. The van der Waals surface area contributed by atoms with Crippen LogP contribution in [0.25, 0.3) is 0 Å². The Morgan fingerprint density at radius 2 is 1.86 bits per heavy atom. The molecule has 2 aromatic rings. The van der Waals surface area contributed by atoms with Crippen molar-refractivity contribution < 1.29 is 4.79 Å². The number of benzene rings is 2. The van der Waals surface area contributed by atoms with E-state index in [1.165, 1.54) is 11.1 Å². The minimum Gasteiger partial charge on any atom is -0.311 e. The van der Waals surface area contributed by atoms with Crippen LogP contribution in [0.2, 0.25) is 0 Å². The van der Waals surface area contributed by atoms with Gasteiger partial charge in [0.1, 0.15) is 0 Å². The number of amides is 1. The smallest absolute Gasteiger partial charge is 0.240 e. The molecule has 2 aromatic carbocycles. The summed E-state index contributed by atoms with van der Waals surface area (Å²) in [6, 6.07) is 16.6. The highest BCUT2D eigenvalue weighted by atomic mass is 32.2. The van der Waals surface area contributed by atoms with Crippen molar-refractivity contribution in [1.82, 2.24) is 0 Å². The van der Waals surface area contributed by atoms with Crippen LogP contribution in [0.15, 0.2) is 53.4 Å². The maximum Gasteiger partial charge on any atom is 0.240 e. The van der Waals surface area contributed by atoms with Crippen LogP contribution >= 0.6 is 11.8 Å². The quantitative estimate of drug-likeness (QED) is 0.780. The second-order valence-corrected chi connectivity index (χ2v) is 7.21. The molecule has 3 heteroatoms. The van der Waals surface area contributed by atoms with Crippen molar-refractivity contribution in [3.8, 4) is 0 Å². The van der Waals surface area contributed by atoms with Crippen molar-refractivity contribution in [2.75, 3.05) is 11.4 Å². The van der Waals surface area contributed by atoms with Crippen LogP contribution < -0.4 is 4.90 Å². The number of hydrogen-bond acceptors (Lipinski definition) is 2. The van der Waals surface area contributed by atoms with Crippen molar-refractivity contribution in [1.29, 1.82) is 0 Å². The fourth-order valence-electron chi connectivity index (χ4n) is 2.85. The number of rotatable bonds is 3. The number of hydrogen-bond donors (Lipinski definition) is 0. The Kier molecular flexibility index (Phi) is 4.53. The van der Waals surface area contributed by atoms with Crippen molar-refractivity contribution in [2.45, 2.75) is 36.8 Å². The van der Waals surface area contributed by atoms with Crippen LogP contribution in [0.1, 0.15) is 24.5 Å². The van der Waals surface area contributed by atoms with E-state index in [0.717, 1.165) is 30.0 Å². The number of para-hydroxylation sites is 1. The Balaban J connectivity index is 1.75. The highest BCUT2D eigenvalue weighted by Gasteiger charge is 2.26. The minimum absolute atomic E-state index is 0.0751. The van der Waals surface area contributed by atoms with Gasteiger partial charge in [-0.1, -0.05) is 35.9 Å². The third kappa shape index (κ3) is 3.20. The van der Waals surface area contributed by atoms with Crippen molar-refractivity contribution >= 4 is 23.4 Å². The number of aryl methyl sites for hydroxylation is 2. The fourth-order valence-corrected chi connectivity index (χ4v) is 3.78. The summed E-state index contributed by atoms with van der Waals surface area (Å²) in [6.45, 7) is 4.91. The first kappa shape index (κ1) is 15.2. The van der Waals surface area contributed by atoms with Gasteiger partial charge in [-0.05, 0) is 50.5 Å². The second kappa shape index (κ2) is 6.57. The third-order valence-corrected chi connectivity index (χ3v) is 5.16. The SMILES string of the molecule is Cc1ccc(S[C@H](C)C(=O)N2CCCc3ccccc32)cc1. The molecule has 0 aliphatic carbocycles. The van der Waals surface area contributed by atoms with Crippen LogP contribution in [-0.4, -0.2) is 17.7 Å². The maximum absolute atomic E-state index is 12.8. The Bertz CT molecular complexity index is 665. The molecule has 0 aromatic heterocycles. The molecule has 0 saturated heterocycles.